The molecule has 28 heavy (non-hydrogen) atoms. The monoisotopic (exact) mass is 401 g/mol. The van der Waals surface area contributed by atoms with Crippen LogP contribution >= 0.6 is 11.6 Å². The van der Waals surface area contributed by atoms with Crippen LogP contribution in [0.5, 0.6) is 0 Å². The summed E-state index contributed by atoms with van der Waals surface area (Å²) in [6.07, 6.45) is 1.59. The summed E-state index contributed by atoms with van der Waals surface area (Å²) < 4.78 is 1.67. The predicted octanol–water partition coefficient (Wildman–Crippen LogP) is 3.11. The van der Waals surface area contributed by atoms with E-state index >= 15 is 0 Å². The number of carboxylic acid groups (broad SMARTS) is 1. The summed E-state index contributed by atoms with van der Waals surface area (Å²) in [5, 5.41) is 13.9. The molecule has 0 saturated heterocycles. The Balaban J connectivity index is 2.16. The van der Waals surface area contributed by atoms with Crippen LogP contribution in [0.15, 0.2) is 24.3 Å². The van der Waals surface area contributed by atoms with Gasteiger partial charge in [-0.1, -0.05) is 43.6 Å². The first kappa shape index (κ1) is 19.8. The van der Waals surface area contributed by atoms with Crippen LogP contribution in [0.4, 0.5) is 0 Å². The van der Waals surface area contributed by atoms with E-state index in [0.717, 1.165) is 4.90 Å². The van der Waals surface area contributed by atoms with E-state index in [9.17, 15) is 14.4 Å². The molecule has 0 aliphatic carbocycles. The van der Waals surface area contributed by atoms with E-state index in [4.69, 9.17) is 16.7 Å². The third-order valence-electron chi connectivity index (χ3n) is 4.40. The molecule has 1 aromatic carbocycles. The highest BCUT2D eigenvalue weighted by atomic mass is 35.5. The van der Waals surface area contributed by atoms with Gasteiger partial charge >= 0.3 is 5.97 Å². The predicted molar refractivity (Wildman–Crippen MR) is 105 cm³/mol. The average molecular weight is 402 g/mol. The lowest BCUT2D eigenvalue weighted by Gasteiger charge is -2.27. The Hall–Kier alpha value is -2.93. The highest BCUT2D eigenvalue weighted by molar-refractivity contribution is 6.36. The van der Waals surface area contributed by atoms with Crippen LogP contribution in [0.25, 0.3) is 11.6 Å². The van der Waals surface area contributed by atoms with E-state index in [2.05, 4.69) is 5.10 Å². The Bertz CT molecular complexity index is 1010. The number of hydrogen-bond donors (Lipinski definition) is 1. The van der Waals surface area contributed by atoms with Crippen molar-refractivity contribution in [3.05, 3.63) is 51.8 Å². The number of benzene rings is 1. The van der Waals surface area contributed by atoms with E-state index in [1.807, 2.05) is 13.8 Å². The van der Waals surface area contributed by atoms with Gasteiger partial charge in [-0.2, -0.15) is 5.10 Å². The number of nitrogens with zero attached hydrogens (tertiary/aromatic N) is 3. The molecule has 1 N–H and O–H groups in total. The van der Waals surface area contributed by atoms with Crippen molar-refractivity contribution in [1.82, 2.24) is 14.7 Å². The lowest BCUT2D eigenvalue weighted by atomic mass is 9.92. The number of amides is 2. The molecule has 2 aromatic rings. The Morgan fingerprint density at radius 1 is 1.21 bits per heavy atom. The van der Waals surface area contributed by atoms with E-state index in [0.29, 0.717) is 34.4 Å². The van der Waals surface area contributed by atoms with Crippen LogP contribution in [0, 0.1) is 12.8 Å². The van der Waals surface area contributed by atoms with Crippen molar-refractivity contribution in [3.8, 4) is 0 Å². The molecule has 8 heteroatoms. The summed E-state index contributed by atoms with van der Waals surface area (Å²) in [4.78, 5) is 37.4. The quantitative estimate of drug-likeness (QED) is 0.613. The highest BCUT2D eigenvalue weighted by Gasteiger charge is 2.36. The van der Waals surface area contributed by atoms with Crippen molar-refractivity contribution in [1.29, 1.82) is 0 Å². The molecular weight excluding hydrogens is 382 g/mol. The molecule has 0 spiro atoms. The van der Waals surface area contributed by atoms with Crippen LogP contribution < -0.4 is 0 Å². The molecule has 1 aliphatic rings. The molecule has 0 saturated carbocycles. The summed E-state index contributed by atoms with van der Waals surface area (Å²) >= 11 is 6.49. The molecule has 0 radical (unpaired) electrons. The van der Waals surface area contributed by atoms with Gasteiger partial charge in [0, 0.05) is 23.2 Å². The zero-order valence-electron chi connectivity index (χ0n) is 15.8. The van der Waals surface area contributed by atoms with Gasteiger partial charge in [0.1, 0.15) is 11.7 Å². The van der Waals surface area contributed by atoms with Crippen molar-refractivity contribution in [2.45, 2.75) is 27.3 Å². The molecule has 146 valence electrons. The lowest BCUT2D eigenvalue weighted by molar-refractivity contribution is -0.141. The number of rotatable bonds is 5. The highest BCUT2D eigenvalue weighted by Crippen LogP contribution is 2.32. The van der Waals surface area contributed by atoms with Gasteiger partial charge in [0.2, 0.25) is 0 Å². The molecular formula is C20H20ClN3O4. The van der Waals surface area contributed by atoms with Crippen molar-refractivity contribution in [2.75, 3.05) is 6.54 Å². The van der Waals surface area contributed by atoms with E-state index < -0.39 is 24.3 Å². The van der Waals surface area contributed by atoms with Crippen molar-refractivity contribution in [3.63, 3.8) is 0 Å². The minimum absolute atomic E-state index is 0.213. The van der Waals surface area contributed by atoms with Crippen LogP contribution in [0.3, 0.4) is 0 Å². The zero-order chi connectivity index (χ0) is 20.6. The number of halogens is 1. The van der Waals surface area contributed by atoms with Gasteiger partial charge in [0.25, 0.3) is 11.8 Å². The second-order valence-corrected chi connectivity index (χ2v) is 7.42. The van der Waals surface area contributed by atoms with Gasteiger partial charge in [0.05, 0.1) is 5.69 Å². The van der Waals surface area contributed by atoms with Crippen molar-refractivity contribution < 1.29 is 19.5 Å². The number of carbonyl (C=O) groups is 3. The topological polar surface area (TPSA) is 92.5 Å². The first-order valence-corrected chi connectivity index (χ1v) is 9.20. The molecule has 0 bridgehead atoms. The fourth-order valence-electron chi connectivity index (χ4n) is 3.16. The normalized spacial score (nSPS) is 15.5. The maximum atomic E-state index is 12.9. The number of hydrogen-bond acceptors (Lipinski definition) is 4. The Morgan fingerprint density at radius 3 is 2.46 bits per heavy atom. The number of aryl methyl sites for hydroxylation is 1. The summed E-state index contributed by atoms with van der Waals surface area (Å²) in [6, 6.07) is 6.62. The molecule has 7 nitrogen and oxygen atoms in total. The molecule has 0 atom stereocenters. The smallest absolute Gasteiger partial charge is 0.323 e. The molecule has 0 fully saturated rings. The van der Waals surface area contributed by atoms with E-state index in [-0.39, 0.29) is 11.1 Å². The number of carboxylic acids is 1. The molecule has 2 amide bonds. The average Bonchev–Trinajstić information content (AvgIpc) is 2.88. The Kier molecular flexibility index (Phi) is 5.38. The van der Waals surface area contributed by atoms with Crippen LogP contribution in [-0.2, 0) is 16.1 Å². The lowest BCUT2D eigenvalue weighted by Crippen LogP contribution is -2.44. The SMILES string of the molecule is Cc1nn(CC(C)C)c(Cl)c1C=C1C(=O)N(CC(=O)O)C(=O)c2ccccc21. The number of imide groups is 1. The number of carbonyl (C=O) groups excluding carboxylic acids is 2. The second kappa shape index (κ2) is 7.59. The van der Waals surface area contributed by atoms with E-state index in [1.54, 1.807) is 41.9 Å². The molecule has 2 heterocycles. The second-order valence-electron chi connectivity index (χ2n) is 7.06. The third-order valence-corrected chi connectivity index (χ3v) is 4.80. The summed E-state index contributed by atoms with van der Waals surface area (Å²) in [5.74, 6) is -2.23. The minimum atomic E-state index is -1.26. The van der Waals surface area contributed by atoms with E-state index in [1.165, 1.54) is 0 Å². The first-order valence-electron chi connectivity index (χ1n) is 8.82. The molecule has 3 rings (SSSR count). The van der Waals surface area contributed by atoms with Gasteiger partial charge in [-0.05, 0) is 30.5 Å². The van der Waals surface area contributed by atoms with Gasteiger partial charge in [-0.25, -0.2) is 0 Å². The Labute approximate surface area is 167 Å². The standard InChI is InChI=1S/C20H20ClN3O4/c1-11(2)9-24-18(21)15(12(3)22-24)8-16-13-6-4-5-7-14(13)19(27)23(20(16)28)10-17(25)26/h4-8,11H,9-10H2,1-3H3,(H,25,26). The summed E-state index contributed by atoms with van der Waals surface area (Å²) in [7, 11) is 0. The molecule has 0 unspecified atom stereocenters. The van der Waals surface area contributed by atoms with Crippen molar-refractivity contribution in [2.24, 2.45) is 5.92 Å². The summed E-state index contributed by atoms with van der Waals surface area (Å²) in [5.41, 5.74) is 2.16. The molecule has 1 aliphatic heterocycles. The van der Waals surface area contributed by atoms with Gasteiger partial charge < -0.3 is 5.11 Å². The minimum Gasteiger partial charge on any atom is -0.480 e. The summed E-state index contributed by atoms with van der Waals surface area (Å²) in [6.45, 7) is 5.79. The maximum absolute atomic E-state index is 12.9. The van der Waals surface area contributed by atoms with Gasteiger partial charge in [0.15, 0.2) is 0 Å². The number of aromatic nitrogens is 2. The molecule has 1 aromatic heterocycles. The van der Waals surface area contributed by atoms with Gasteiger partial charge in [-0.15, -0.1) is 0 Å². The van der Waals surface area contributed by atoms with Crippen molar-refractivity contribution >= 4 is 41.0 Å². The van der Waals surface area contributed by atoms with Crippen LogP contribution in [0.1, 0.15) is 41.0 Å². The number of fused-ring (bicyclic) bond motifs is 1. The van der Waals surface area contributed by atoms with Gasteiger partial charge in [-0.3, -0.25) is 24.0 Å². The van der Waals surface area contributed by atoms with Crippen LogP contribution in [-0.4, -0.2) is 44.1 Å². The largest absolute Gasteiger partial charge is 0.480 e. The fraction of sp³-hybridized carbons (Fsp3) is 0.300. The third kappa shape index (κ3) is 3.57. The zero-order valence-corrected chi connectivity index (χ0v) is 16.5. The maximum Gasteiger partial charge on any atom is 0.323 e. The first-order chi connectivity index (χ1) is 13.2. The van der Waals surface area contributed by atoms with Crippen LogP contribution in [0.2, 0.25) is 5.15 Å². The fourth-order valence-corrected chi connectivity index (χ4v) is 3.46. The Morgan fingerprint density at radius 2 is 1.86 bits per heavy atom. The number of aliphatic carboxylic acids is 1.